The number of hydrogen-bond acceptors (Lipinski definition) is 6. The van der Waals surface area contributed by atoms with Gasteiger partial charge in [0.15, 0.2) is 0 Å². The molecular weight excluding hydrogens is 506 g/mol. The Labute approximate surface area is 234 Å². The number of amides is 2. The van der Waals surface area contributed by atoms with Crippen molar-refractivity contribution in [3.05, 3.63) is 89.0 Å². The Kier molecular flexibility index (Phi) is 7.97. The van der Waals surface area contributed by atoms with Gasteiger partial charge < -0.3 is 24.8 Å². The first kappa shape index (κ1) is 26.3. The van der Waals surface area contributed by atoms with Crippen LogP contribution < -0.4 is 20.1 Å². The first-order valence-corrected chi connectivity index (χ1v) is 14.1. The van der Waals surface area contributed by atoms with Gasteiger partial charge in [0.25, 0.3) is 0 Å². The zero-order valence-electron chi connectivity index (χ0n) is 22.6. The number of rotatable bonds is 2. The van der Waals surface area contributed by atoms with Gasteiger partial charge in [-0.3, -0.25) is 14.5 Å². The molecule has 3 aromatic carbocycles. The Bertz CT molecular complexity index is 1360. The summed E-state index contributed by atoms with van der Waals surface area (Å²) in [4.78, 5) is 27.5. The van der Waals surface area contributed by atoms with Crippen molar-refractivity contribution in [2.45, 2.75) is 51.0 Å². The molecule has 8 heteroatoms. The van der Waals surface area contributed by atoms with E-state index >= 15 is 0 Å². The zero-order valence-corrected chi connectivity index (χ0v) is 22.6. The third-order valence-electron chi connectivity index (χ3n) is 7.68. The number of fused-ring (bicyclic) bond motifs is 11. The van der Waals surface area contributed by atoms with E-state index in [4.69, 9.17) is 14.2 Å². The van der Waals surface area contributed by atoms with Crippen LogP contribution >= 0.6 is 0 Å². The van der Waals surface area contributed by atoms with Crippen molar-refractivity contribution in [3.8, 4) is 17.2 Å². The van der Waals surface area contributed by atoms with Crippen LogP contribution in [0.4, 0.5) is 0 Å². The van der Waals surface area contributed by atoms with Crippen LogP contribution in [-0.2, 0) is 40.3 Å². The van der Waals surface area contributed by atoms with E-state index in [1.165, 1.54) is 11.1 Å². The van der Waals surface area contributed by atoms with Gasteiger partial charge in [-0.05, 0) is 59.0 Å². The summed E-state index contributed by atoms with van der Waals surface area (Å²) in [6.45, 7) is 3.63. The fourth-order valence-electron chi connectivity index (χ4n) is 5.59. The van der Waals surface area contributed by atoms with Crippen LogP contribution in [0.2, 0.25) is 0 Å². The molecule has 0 unspecified atom stereocenters. The lowest BCUT2D eigenvalue weighted by Gasteiger charge is -2.21. The maximum atomic E-state index is 12.9. The molecule has 4 aliphatic rings. The first-order valence-electron chi connectivity index (χ1n) is 14.1. The third-order valence-corrected chi connectivity index (χ3v) is 7.68. The molecule has 4 bridgehead atoms. The van der Waals surface area contributed by atoms with Crippen LogP contribution in [0.5, 0.6) is 17.2 Å². The highest BCUT2D eigenvalue weighted by atomic mass is 16.5. The van der Waals surface area contributed by atoms with Gasteiger partial charge in [0.2, 0.25) is 11.8 Å². The summed E-state index contributed by atoms with van der Waals surface area (Å²) in [6.07, 6.45) is 2.00. The Hall–Kier alpha value is -3.88. The number of ether oxygens (including phenoxy) is 3. The molecule has 0 spiro atoms. The Morgan fingerprint density at radius 3 is 2.62 bits per heavy atom. The van der Waals surface area contributed by atoms with Crippen molar-refractivity contribution in [1.29, 1.82) is 0 Å². The molecule has 40 heavy (non-hydrogen) atoms. The normalized spacial score (nSPS) is 21.9. The van der Waals surface area contributed by atoms with Gasteiger partial charge in [-0.1, -0.05) is 36.4 Å². The van der Waals surface area contributed by atoms with Crippen molar-refractivity contribution in [2.75, 3.05) is 26.2 Å². The summed E-state index contributed by atoms with van der Waals surface area (Å²) >= 11 is 0. The van der Waals surface area contributed by atoms with Crippen molar-refractivity contribution >= 4 is 11.8 Å². The monoisotopic (exact) mass is 541 g/mol. The van der Waals surface area contributed by atoms with Gasteiger partial charge in [-0.2, -0.15) is 0 Å². The number of nitrogens with zero attached hydrogens (tertiary/aromatic N) is 1. The fraction of sp³-hybridized carbons (Fsp3) is 0.375. The minimum atomic E-state index is -0.168. The molecule has 3 aromatic rings. The average Bonchev–Trinajstić information content (AvgIpc) is 3.57. The fourth-order valence-corrected chi connectivity index (χ4v) is 5.59. The van der Waals surface area contributed by atoms with Crippen LogP contribution in [0.25, 0.3) is 0 Å². The number of carbonyl (C=O) groups is 2. The zero-order chi connectivity index (χ0) is 27.3. The lowest BCUT2D eigenvalue weighted by molar-refractivity contribution is -0.123. The number of carbonyl (C=O) groups excluding carboxylic acids is 2. The highest BCUT2D eigenvalue weighted by Gasteiger charge is 2.34. The van der Waals surface area contributed by atoms with Crippen molar-refractivity contribution in [2.24, 2.45) is 0 Å². The third kappa shape index (κ3) is 6.63. The Balaban J connectivity index is 1.17. The standard InChI is InChI=1S/C32H35N3O5/c36-31-11-7-22-4-8-26(9-5-22)40-27-3-1-2-24(17-27)21-39-30-20-35(19-28(30)34-32(37)12-14-33-31)18-23-6-10-29-25(16-23)13-15-38-29/h1-6,8-10,16-17,28,30H,7,11-15,18-21H2,(H,33,36)(H,34,37)/t28-,30-/m0/s1. The SMILES string of the molecule is O=C1CCc2ccc(cc2)Oc2cccc(c2)CO[C@H]2CN(Cc3ccc4c(c3)CCO4)C[C@@H]2NC(=O)CCN1. The molecule has 0 aromatic heterocycles. The molecule has 2 N–H and O–H groups in total. The second-order valence-corrected chi connectivity index (χ2v) is 10.8. The Morgan fingerprint density at radius 2 is 1.73 bits per heavy atom. The van der Waals surface area contributed by atoms with E-state index in [1.807, 2.05) is 48.5 Å². The summed E-state index contributed by atoms with van der Waals surface area (Å²) in [7, 11) is 0. The quantitative estimate of drug-likeness (QED) is 0.514. The summed E-state index contributed by atoms with van der Waals surface area (Å²) < 4.78 is 18.2. The molecule has 1 saturated heterocycles. The topological polar surface area (TPSA) is 89.1 Å². The summed E-state index contributed by atoms with van der Waals surface area (Å²) in [5.74, 6) is 2.31. The largest absolute Gasteiger partial charge is 0.493 e. The maximum absolute atomic E-state index is 12.9. The minimum Gasteiger partial charge on any atom is -0.493 e. The predicted molar refractivity (Wildman–Crippen MR) is 150 cm³/mol. The molecule has 7 rings (SSSR count). The predicted octanol–water partition coefficient (Wildman–Crippen LogP) is 3.75. The number of hydrogen-bond donors (Lipinski definition) is 2. The van der Waals surface area contributed by atoms with E-state index in [0.29, 0.717) is 39.1 Å². The molecule has 4 aliphatic heterocycles. The minimum absolute atomic E-state index is 0.0626. The molecule has 208 valence electrons. The summed E-state index contributed by atoms with van der Waals surface area (Å²) in [5, 5.41) is 6.05. The molecule has 2 amide bonds. The van der Waals surface area contributed by atoms with Crippen LogP contribution in [-0.4, -0.2) is 55.1 Å². The van der Waals surface area contributed by atoms with Gasteiger partial charge >= 0.3 is 0 Å². The molecule has 2 atom stereocenters. The van der Waals surface area contributed by atoms with E-state index in [9.17, 15) is 9.59 Å². The van der Waals surface area contributed by atoms with E-state index in [2.05, 4.69) is 33.7 Å². The molecule has 1 fully saturated rings. The molecule has 0 saturated carbocycles. The number of aryl methyl sites for hydroxylation is 1. The van der Waals surface area contributed by atoms with E-state index in [0.717, 1.165) is 47.9 Å². The summed E-state index contributed by atoms with van der Waals surface area (Å²) in [6, 6.07) is 21.9. The molecule has 0 aliphatic carbocycles. The van der Waals surface area contributed by atoms with Crippen LogP contribution in [0.15, 0.2) is 66.7 Å². The number of benzene rings is 3. The molecule has 0 radical (unpaired) electrons. The van der Waals surface area contributed by atoms with Gasteiger partial charge in [0.1, 0.15) is 17.2 Å². The van der Waals surface area contributed by atoms with Crippen LogP contribution in [0.1, 0.15) is 35.1 Å². The van der Waals surface area contributed by atoms with Gasteiger partial charge in [0.05, 0.1) is 25.4 Å². The van der Waals surface area contributed by atoms with Gasteiger partial charge in [-0.25, -0.2) is 0 Å². The van der Waals surface area contributed by atoms with Crippen LogP contribution in [0.3, 0.4) is 0 Å². The van der Waals surface area contributed by atoms with Gasteiger partial charge in [0, 0.05) is 45.4 Å². The van der Waals surface area contributed by atoms with E-state index in [1.54, 1.807) is 0 Å². The molecule has 4 heterocycles. The van der Waals surface area contributed by atoms with Crippen molar-refractivity contribution in [3.63, 3.8) is 0 Å². The van der Waals surface area contributed by atoms with Crippen molar-refractivity contribution < 1.29 is 23.8 Å². The number of likely N-dealkylation sites (tertiary alicyclic amines) is 1. The van der Waals surface area contributed by atoms with Crippen molar-refractivity contribution in [1.82, 2.24) is 15.5 Å². The summed E-state index contributed by atoms with van der Waals surface area (Å²) in [5.41, 5.74) is 4.55. The van der Waals surface area contributed by atoms with Crippen LogP contribution in [0, 0.1) is 0 Å². The number of nitrogens with one attached hydrogen (secondary N) is 2. The first-order chi connectivity index (χ1) is 19.6. The Morgan fingerprint density at radius 1 is 0.825 bits per heavy atom. The van der Waals surface area contributed by atoms with E-state index in [-0.39, 0.29) is 30.4 Å². The molecule has 8 nitrogen and oxygen atoms in total. The van der Waals surface area contributed by atoms with E-state index < -0.39 is 0 Å². The highest BCUT2D eigenvalue weighted by Crippen LogP contribution is 2.28. The molecular formula is C32H35N3O5. The lowest BCUT2D eigenvalue weighted by Crippen LogP contribution is -2.44. The lowest BCUT2D eigenvalue weighted by atomic mass is 10.1. The highest BCUT2D eigenvalue weighted by molar-refractivity contribution is 5.79. The average molecular weight is 542 g/mol. The second-order valence-electron chi connectivity index (χ2n) is 10.8. The maximum Gasteiger partial charge on any atom is 0.222 e. The smallest absolute Gasteiger partial charge is 0.222 e. The van der Waals surface area contributed by atoms with Gasteiger partial charge in [-0.15, -0.1) is 0 Å². The second kappa shape index (κ2) is 12.1.